The summed E-state index contributed by atoms with van der Waals surface area (Å²) >= 11 is 6.01. The third-order valence-electron chi connectivity index (χ3n) is 5.10. The van der Waals surface area contributed by atoms with Crippen LogP contribution >= 0.6 is 11.6 Å². The van der Waals surface area contributed by atoms with Crippen molar-refractivity contribution in [3.05, 3.63) is 101 Å². The molecule has 0 aliphatic rings. The average molecular weight is 506 g/mol. The summed E-state index contributed by atoms with van der Waals surface area (Å²) in [6.07, 6.45) is 0.596. The summed E-state index contributed by atoms with van der Waals surface area (Å²) in [5, 5.41) is 12.0. The average Bonchev–Trinajstić information content (AvgIpc) is 2.77. The van der Waals surface area contributed by atoms with E-state index in [9.17, 15) is 13.2 Å². The molecule has 2 atom stereocenters. The quantitative estimate of drug-likeness (QED) is 0.370. The molecule has 35 heavy (non-hydrogen) atoms. The van der Waals surface area contributed by atoms with Crippen LogP contribution in [0.3, 0.4) is 0 Å². The summed E-state index contributed by atoms with van der Waals surface area (Å²) in [6.45, 7) is 11.4. The molecule has 0 amide bonds. The minimum Gasteiger partial charge on any atom is -0.394 e. The highest BCUT2D eigenvalue weighted by molar-refractivity contribution is 6.30. The Morgan fingerprint density at radius 1 is 1.06 bits per heavy atom. The van der Waals surface area contributed by atoms with Gasteiger partial charge in [0.2, 0.25) is 0 Å². The van der Waals surface area contributed by atoms with E-state index in [-0.39, 0.29) is 18.1 Å². The number of nitrogens with one attached hydrogen (secondary N) is 1. The summed E-state index contributed by atoms with van der Waals surface area (Å²) in [5.74, 6) is 0.0415. The Kier molecular flexibility index (Phi) is 10.3. The van der Waals surface area contributed by atoms with Crippen LogP contribution in [0, 0.1) is 6.92 Å². The Bertz CT molecular complexity index is 1080. The van der Waals surface area contributed by atoms with E-state index >= 15 is 0 Å². The molecule has 0 spiro atoms. The predicted molar refractivity (Wildman–Crippen MR) is 135 cm³/mol. The molecule has 2 aromatic heterocycles. The number of aryl methyl sites for hydroxylation is 1. The van der Waals surface area contributed by atoms with Crippen molar-refractivity contribution < 1.29 is 18.3 Å². The van der Waals surface area contributed by atoms with Gasteiger partial charge in [0.1, 0.15) is 0 Å². The first-order valence-electron chi connectivity index (χ1n) is 11.2. The van der Waals surface area contributed by atoms with Crippen molar-refractivity contribution in [3.8, 4) is 0 Å². The van der Waals surface area contributed by atoms with E-state index in [0.717, 1.165) is 35.4 Å². The lowest BCUT2D eigenvalue weighted by atomic mass is 9.86. The molecule has 188 valence electrons. The van der Waals surface area contributed by atoms with Gasteiger partial charge >= 0.3 is 6.18 Å². The monoisotopic (exact) mass is 505 g/mol. The van der Waals surface area contributed by atoms with Gasteiger partial charge in [-0.25, -0.2) is 0 Å². The highest BCUT2D eigenvalue weighted by atomic mass is 35.5. The molecule has 2 unspecified atom stereocenters. The predicted octanol–water partition coefficient (Wildman–Crippen LogP) is 6.82. The SMILES string of the molecule is C=C(NC(C)C(Cc1ccc(Cl)cc1)c1cncc(C)c1)c1ccc(C(F)(F)F)cn1.CC(C)O. The van der Waals surface area contributed by atoms with E-state index in [0.29, 0.717) is 16.4 Å². The zero-order valence-corrected chi connectivity index (χ0v) is 21.0. The minimum atomic E-state index is -4.42. The molecule has 8 heteroatoms. The maximum absolute atomic E-state index is 12.8. The number of pyridine rings is 2. The van der Waals surface area contributed by atoms with Crippen LogP contribution in [0.5, 0.6) is 0 Å². The van der Waals surface area contributed by atoms with E-state index in [1.54, 1.807) is 20.0 Å². The number of benzene rings is 1. The number of aliphatic hydroxyl groups excluding tert-OH is 1. The Hall–Kier alpha value is -2.90. The molecular formula is C27H31ClF3N3O. The molecule has 0 fully saturated rings. The highest BCUT2D eigenvalue weighted by Crippen LogP contribution is 2.30. The largest absolute Gasteiger partial charge is 0.417 e. The lowest BCUT2D eigenvalue weighted by molar-refractivity contribution is -0.137. The maximum atomic E-state index is 12.8. The number of alkyl halides is 3. The van der Waals surface area contributed by atoms with Crippen molar-refractivity contribution in [1.82, 2.24) is 15.3 Å². The number of halogens is 4. The summed E-state index contributed by atoms with van der Waals surface area (Å²) in [7, 11) is 0. The summed E-state index contributed by atoms with van der Waals surface area (Å²) < 4.78 is 38.4. The molecule has 0 aliphatic heterocycles. The zero-order valence-electron chi connectivity index (χ0n) is 20.3. The fourth-order valence-corrected chi connectivity index (χ4v) is 3.55. The Morgan fingerprint density at radius 3 is 2.20 bits per heavy atom. The van der Waals surface area contributed by atoms with Gasteiger partial charge in [-0.2, -0.15) is 13.2 Å². The molecule has 0 saturated carbocycles. The normalized spacial score (nSPS) is 13.0. The third-order valence-corrected chi connectivity index (χ3v) is 5.35. The first-order valence-corrected chi connectivity index (χ1v) is 11.6. The molecule has 1 aromatic carbocycles. The second-order valence-electron chi connectivity index (χ2n) is 8.67. The zero-order chi connectivity index (χ0) is 26.2. The van der Waals surface area contributed by atoms with Crippen LogP contribution in [0.4, 0.5) is 13.2 Å². The van der Waals surface area contributed by atoms with Gasteiger partial charge in [0.15, 0.2) is 0 Å². The van der Waals surface area contributed by atoms with E-state index in [2.05, 4.69) is 27.9 Å². The van der Waals surface area contributed by atoms with Crippen LogP contribution in [-0.4, -0.2) is 27.2 Å². The number of rotatable bonds is 7. The number of hydrogen-bond acceptors (Lipinski definition) is 4. The summed E-state index contributed by atoms with van der Waals surface area (Å²) in [6, 6.07) is 12.0. The molecule has 0 aliphatic carbocycles. The van der Waals surface area contributed by atoms with Gasteiger partial charge in [-0.05, 0) is 75.1 Å². The molecule has 3 aromatic rings. The molecule has 0 saturated heterocycles. The van der Waals surface area contributed by atoms with Gasteiger partial charge in [0.25, 0.3) is 0 Å². The number of aromatic nitrogens is 2. The fourth-order valence-electron chi connectivity index (χ4n) is 3.43. The van der Waals surface area contributed by atoms with Crippen molar-refractivity contribution >= 4 is 17.3 Å². The molecular weight excluding hydrogens is 475 g/mol. The molecule has 0 bridgehead atoms. The van der Waals surface area contributed by atoms with E-state index in [1.165, 1.54) is 6.07 Å². The van der Waals surface area contributed by atoms with Crippen LogP contribution in [0.15, 0.2) is 67.6 Å². The van der Waals surface area contributed by atoms with E-state index < -0.39 is 11.7 Å². The van der Waals surface area contributed by atoms with Gasteiger partial charge in [0, 0.05) is 41.7 Å². The van der Waals surface area contributed by atoms with Gasteiger partial charge in [-0.15, -0.1) is 0 Å². The van der Waals surface area contributed by atoms with E-state index in [4.69, 9.17) is 16.7 Å². The van der Waals surface area contributed by atoms with Gasteiger partial charge < -0.3 is 10.4 Å². The summed E-state index contributed by atoms with van der Waals surface area (Å²) in [5.41, 5.74) is 3.26. The van der Waals surface area contributed by atoms with Gasteiger partial charge in [-0.1, -0.05) is 36.4 Å². The Labute approximate surface area is 209 Å². The number of nitrogens with zero attached hydrogens (tertiary/aromatic N) is 2. The maximum Gasteiger partial charge on any atom is 0.417 e. The molecule has 3 rings (SSSR count). The third kappa shape index (κ3) is 9.34. The molecule has 2 N–H and O–H groups in total. The van der Waals surface area contributed by atoms with Gasteiger partial charge in [0.05, 0.1) is 17.0 Å². The first kappa shape index (κ1) is 28.3. The standard InChI is InChI=1S/C24H23ClF3N3.C3H8O/c1-15-10-19(13-29-12-15)22(11-18-4-7-21(25)8-5-18)16(2)31-17(3)23-9-6-20(14-30-23)24(26,27)28;1-3(2)4/h4-10,12-14,16,22,31H,3,11H2,1-2H3;3-4H,1-2H3. The lowest BCUT2D eigenvalue weighted by Crippen LogP contribution is -2.32. The van der Waals surface area contributed by atoms with Crippen molar-refractivity contribution in [2.45, 2.75) is 58.4 Å². The van der Waals surface area contributed by atoms with Gasteiger partial charge in [-0.3, -0.25) is 9.97 Å². The molecule has 4 nitrogen and oxygen atoms in total. The Balaban J connectivity index is 0.00000100. The molecule has 2 heterocycles. The minimum absolute atomic E-state index is 0.0415. The smallest absolute Gasteiger partial charge is 0.394 e. The number of aliphatic hydroxyl groups is 1. The van der Waals surface area contributed by atoms with E-state index in [1.807, 2.05) is 44.3 Å². The van der Waals surface area contributed by atoms with Crippen molar-refractivity contribution in [2.75, 3.05) is 0 Å². The number of hydrogen-bond donors (Lipinski definition) is 2. The van der Waals surface area contributed by atoms with Crippen LogP contribution in [0.2, 0.25) is 5.02 Å². The van der Waals surface area contributed by atoms with Crippen molar-refractivity contribution in [2.24, 2.45) is 0 Å². The van der Waals surface area contributed by atoms with Crippen molar-refractivity contribution in [3.63, 3.8) is 0 Å². The van der Waals surface area contributed by atoms with Crippen LogP contribution in [0.1, 0.15) is 54.6 Å². The molecule has 0 radical (unpaired) electrons. The van der Waals surface area contributed by atoms with Crippen LogP contribution in [0.25, 0.3) is 5.70 Å². The first-order chi connectivity index (χ1) is 16.4. The second kappa shape index (κ2) is 12.7. The highest BCUT2D eigenvalue weighted by Gasteiger charge is 2.30. The van der Waals surface area contributed by atoms with Crippen LogP contribution < -0.4 is 5.32 Å². The topological polar surface area (TPSA) is 58.0 Å². The summed E-state index contributed by atoms with van der Waals surface area (Å²) in [4.78, 5) is 8.25. The van der Waals surface area contributed by atoms with Crippen LogP contribution in [-0.2, 0) is 12.6 Å². The lowest BCUT2D eigenvalue weighted by Gasteiger charge is -2.27. The van der Waals surface area contributed by atoms with Crippen molar-refractivity contribution in [1.29, 1.82) is 0 Å². The second-order valence-corrected chi connectivity index (χ2v) is 9.10. The Morgan fingerprint density at radius 2 is 1.69 bits per heavy atom. The fraction of sp³-hybridized carbons (Fsp3) is 0.333.